The fraction of sp³-hybridized carbons (Fsp3) is 0.259. The van der Waals surface area contributed by atoms with E-state index in [4.69, 9.17) is 9.47 Å². The Morgan fingerprint density at radius 1 is 0.972 bits per heavy atom. The van der Waals surface area contributed by atoms with Gasteiger partial charge in [-0.3, -0.25) is 9.59 Å². The second kappa shape index (κ2) is 10.9. The van der Waals surface area contributed by atoms with Crippen LogP contribution in [-0.4, -0.2) is 47.5 Å². The number of H-pyrrole nitrogens is 1. The lowest BCUT2D eigenvalue weighted by atomic mass is 9.89. The number of pyridine rings is 1. The first-order chi connectivity index (χ1) is 17.4. The Morgan fingerprint density at radius 2 is 1.72 bits per heavy atom. The summed E-state index contributed by atoms with van der Waals surface area (Å²) in [6.45, 7) is 4.68. The molecule has 9 heteroatoms. The summed E-state index contributed by atoms with van der Waals surface area (Å²) in [5.41, 5.74) is 3.50. The van der Waals surface area contributed by atoms with E-state index in [0.717, 1.165) is 11.1 Å². The maximum Gasteiger partial charge on any atom is 0.287 e. The molecule has 0 bridgehead atoms. The first kappa shape index (κ1) is 24.7. The standard InChI is InChI=1S/C27H29N5O4/c1-16(15-29-27(34)25-31-21-6-5-13-28-24(21)32-25)17(2)18-7-10-20(11-8-18)30-26(33)19-9-12-22(35-3)23(14-19)36-4/h5-14,16-17H,15H2,1-4H3,(H,29,34)(H,30,33)(H,28,31,32). The number of carbonyl (C=O) groups excluding carboxylic acids is 2. The molecule has 2 amide bonds. The molecule has 186 valence electrons. The number of fused-ring (bicyclic) bond motifs is 1. The molecular weight excluding hydrogens is 458 g/mol. The van der Waals surface area contributed by atoms with Crippen LogP contribution >= 0.6 is 0 Å². The second-order valence-electron chi connectivity index (χ2n) is 8.58. The van der Waals surface area contributed by atoms with E-state index in [9.17, 15) is 9.59 Å². The number of anilines is 1. The zero-order valence-electron chi connectivity index (χ0n) is 20.7. The predicted octanol–water partition coefficient (Wildman–Crippen LogP) is 4.40. The number of imidazole rings is 1. The van der Waals surface area contributed by atoms with Gasteiger partial charge in [0.1, 0.15) is 0 Å². The van der Waals surface area contributed by atoms with E-state index in [0.29, 0.717) is 34.9 Å². The Labute approximate surface area is 209 Å². The largest absolute Gasteiger partial charge is 0.493 e. The van der Waals surface area contributed by atoms with Crippen molar-refractivity contribution >= 4 is 28.7 Å². The van der Waals surface area contributed by atoms with Crippen molar-refractivity contribution in [1.82, 2.24) is 20.3 Å². The fourth-order valence-corrected chi connectivity index (χ4v) is 3.85. The number of benzene rings is 2. The number of hydrogen-bond donors (Lipinski definition) is 3. The summed E-state index contributed by atoms with van der Waals surface area (Å²) in [4.78, 5) is 36.6. The van der Waals surface area contributed by atoms with Crippen molar-refractivity contribution in [2.45, 2.75) is 19.8 Å². The molecule has 4 aromatic rings. The normalized spacial score (nSPS) is 12.6. The van der Waals surface area contributed by atoms with Gasteiger partial charge < -0.3 is 25.1 Å². The van der Waals surface area contributed by atoms with Gasteiger partial charge in [0.05, 0.1) is 19.7 Å². The number of methoxy groups -OCH3 is 2. The van der Waals surface area contributed by atoms with Crippen LogP contribution in [0.1, 0.15) is 46.3 Å². The average Bonchev–Trinajstić information content (AvgIpc) is 3.35. The van der Waals surface area contributed by atoms with Crippen LogP contribution in [0.4, 0.5) is 5.69 Å². The summed E-state index contributed by atoms with van der Waals surface area (Å²) in [6.07, 6.45) is 1.64. The number of hydrogen-bond acceptors (Lipinski definition) is 6. The minimum Gasteiger partial charge on any atom is -0.493 e. The monoisotopic (exact) mass is 487 g/mol. The van der Waals surface area contributed by atoms with Crippen LogP contribution in [-0.2, 0) is 0 Å². The van der Waals surface area contributed by atoms with Gasteiger partial charge in [0.15, 0.2) is 23.0 Å². The highest BCUT2D eigenvalue weighted by atomic mass is 16.5. The van der Waals surface area contributed by atoms with Gasteiger partial charge in [-0.15, -0.1) is 0 Å². The molecule has 0 aliphatic heterocycles. The molecule has 2 heterocycles. The molecule has 2 aromatic carbocycles. The second-order valence-corrected chi connectivity index (χ2v) is 8.58. The Hall–Kier alpha value is -4.40. The summed E-state index contributed by atoms with van der Waals surface area (Å²) in [5.74, 6) is 1.15. The molecule has 3 N–H and O–H groups in total. The van der Waals surface area contributed by atoms with E-state index < -0.39 is 0 Å². The lowest BCUT2D eigenvalue weighted by molar-refractivity contribution is 0.0936. The van der Waals surface area contributed by atoms with Gasteiger partial charge in [-0.1, -0.05) is 26.0 Å². The van der Waals surface area contributed by atoms with Crippen molar-refractivity contribution in [2.24, 2.45) is 5.92 Å². The average molecular weight is 488 g/mol. The number of nitrogens with zero attached hydrogens (tertiary/aromatic N) is 2. The third-order valence-corrected chi connectivity index (χ3v) is 6.25. The number of carbonyl (C=O) groups is 2. The molecule has 0 fully saturated rings. The van der Waals surface area contributed by atoms with Crippen molar-refractivity contribution in [2.75, 3.05) is 26.1 Å². The maximum atomic E-state index is 12.7. The Morgan fingerprint density at radius 3 is 2.42 bits per heavy atom. The molecule has 2 unspecified atom stereocenters. The van der Waals surface area contributed by atoms with Crippen LogP contribution in [0.25, 0.3) is 11.2 Å². The van der Waals surface area contributed by atoms with Crippen molar-refractivity contribution in [3.8, 4) is 11.5 Å². The first-order valence-electron chi connectivity index (χ1n) is 11.6. The molecule has 36 heavy (non-hydrogen) atoms. The number of aromatic amines is 1. The summed E-state index contributed by atoms with van der Waals surface area (Å²) in [5, 5.41) is 5.85. The molecule has 0 spiro atoms. The zero-order valence-corrected chi connectivity index (χ0v) is 20.7. The molecular formula is C27H29N5O4. The molecule has 0 saturated heterocycles. The zero-order chi connectivity index (χ0) is 25.7. The number of rotatable bonds is 9. The third-order valence-electron chi connectivity index (χ3n) is 6.25. The minimum atomic E-state index is -0.264. The van der Waals surface area contributed by atoms with Gasteiger partial charge >= 0.3 is 0 Å². The van der Waals surface area contributed by atoms with E-state index in [1.807, 2.05) is 30.3 Å². The fourth-order valence-electron chi connectivity index (χ4n) is 3.85. The number of amides is 2. The molecule has 9 nitrogen and oxygen atoms in total. The highest BCUT2D eigenvalue weighted by molar-refractivity contribution is 6.04. The molecule has 0 saturated carbocycles. The predicted molar refractivity (Wildman–Crippen MR) is 138 cm³/mol. The summed E-state index contributed by atoms with van der Waals surface area (Å²) >= 11 is 0. The molecule has 0 radical (unpaired) electrons. The maximum absolute atomic E-state index is 12.7. The highest BCUT2D eigenvalue weighted by Gasteiger charge is 2.18. The SMILES string of the molecule is COc1ccc(C(=O)Nc2ccc(C(C)C(C)CNC(=O)c3nc4ncccc4[nH]3)cc2)cc1OC. The quantitative estimate of drug-likeness (QED) is 0.322. The van der Waals surface area contributed by atoms with Gasteiger partial charge in [-0.2, -0.15) is 0 Å². The summed E-state index contributed by atoms with van der Waals surface area (Å²) < 4.78 is 10.5. The molecule has 4 rings (SSSR count). The van der Waals surface area contributed by atoms with Crippen molar-refractivity contribution in [3.63, 3.8) is 0 Å². The van der Waals surface area contributed by atoms with Crippen molar-refractivity contribution in [3.05, 3.63) is 77.7 Å². The van der Waals surface area contributed by atoms with Crippen LogP contribution in [0, 0.1) is 5.92 Å². The molecule has 0 aliphatic rings. The lowest BCUT2D eigenvalue weighted by Gasteiger charge is -2.21. The van der Waals surface area contributed by atoms with Crippen LogP contribution in [0.3, 0.4) is 0 Å². The van der Waals surface area contributed by atoms with Crippen molar-refractivity contribution in [1.29, 1.82) is 0 Å². The number of aromatic nitrogens is 3. The summed E-state index contributed by atoms with van der Waals surface area (Å²) in [7, 11) is 3.08. The van der Waals surface area contributed by atoms with Crippen LogP contribution in [0.5, 0.6) is 11.5 Å². The van der Waals surface area contributed by atoms with E-state index in [2.05, 4.69) is 39.4 Å². The van der Waals surface area contributed by atoms with Gasteiger partial charge in [0.25, 0.3) is 11.8 Å². The van der Waals surface area contributed by atoms with Crippen LogP contribution in [0.2, 0.25) is 0 Å². The molecule has 0 aliphatic carbocycles. The highest BCUT2D eigenvalue weighted by Crippen LogP contribution is 2.28. The van der Waals surface area contributed by atoms with E-state index in [1.165, 1.54) is 7.11 Å². The van der Waals surface area contributed by atoms with E-state index >= 15 is 0 Å². The van der Waals surface area contributed by atoms with E-state index in [1.54, 1.807) is 37.6 Å². The minimum absolute atomic E-state index is 0.170. The molecule has 2 aromatic heterocycles. The number of nitrogens with one attached hydrogen (secondary N) is 3. The van der Waals surface area contributed by atoms with Gasteiger partial charge in [0.2, 0.25) is 0 Å². The van der Waals surface area contributed by atoms with Gasteiger partial charge in [-0.25, -0.2) is 9.97 Å². The Bertz CT molecular complexity index is 1330. The molecule has 2 atom stereocenters. The third kappa shape index (κ3) is 5.46. The number of ether oxygens (including phenoxy) is 2. The Balaban J connectivity index is 1.33. The smallest absolute Gasteiger partial charge is 0.287 e. The van der Waals surface area contributed by atoms with Crippen LogP contribution in [0.15, 0.2) is 60.8 Å². The first-order valence-corrected chi connectivity index (χ1v) is 11.6. The van der Waals surface area contributed by atoms with Crippen LogP contribution < -0.4 is 20.1 Å². The van der Waals surface area contributed by atoms with Gasteiger partial charge in [-0.05, 0) is 59.9 Å². The summed E-state index contributed by atoms with van der Waals surface area (Å²) in [6, 6.07) is 16.4. The van der Waals surface area contributed by atoms with Gasteiger partial charge in [0, 0.05) is 24.0 Å². The topological polar surface area (TPSA) is 118 Å². The lowest BCUT2D eigenvalue weighted by Crippen LogP contribution is -2.30. The van der Waals surface area contributed by atoms with E-state index in [-0.39, 0.29) is 29.5 Å². The Kier molecular flexibility index (Phi) is 7.48. The van der Waals surface area contributed by atoms with Crippen molar-refractivity contribution < 1.29 is 19.1 Å².